The molecule has 0 radical (unpaired) electrons. The number of benzene rings is 1. The minimum Gasteiger partial charge on any atom is -0.480 e. The van der Waals surface area contributed by atoms with Crippen LogP contribution in [0.25, 0.3) is 0 Å². The summed E-state index contributed by atoms with van der Waals surface area (Å²) in [6.45, 7) is 6.04. The van der Waals surface area contributed by atoms with Gasteiger partial charge in [-0.05, 0) is 43.5 Å². The number of carbonyl (C=O) groups is 2. The fourth-order valence-electron chi connectivity index (χ4n) is 3.49. The molecule has 0 aliphatic carbocycles. The second-order valence-electron chi connectivity index (χ2n) is 6.64. The third kappa shape index (κ3) is 5.61. The number of likely N-dealkylation sites (tertiary alicyclic amines) is 1. The number of nitrogens with one attached hydrogen (secondary N) is 1. The largest absolute Gasteiger partial charge is 0.480 e. The topological polar surface area (TPSA) is 72.9 Å². The number of urea groups is 1. The van der Waals surface area contributed by atoms with Crippen molar-refractivity contribution in [3.63, 3.8) is 0 Å². The first-order valence-corrected chi connectivity index (χ1v) is 9.59. The molecule has 0 aromatic heterocycles. The van der Waals surface area contributed by atoms with Crippen molar-refractivity contribution in [1.29, 1.82) is 0 Å². The monoisotopic (exact) mass is 381 g/mol. The van der Waals surface area contributed by atoms with Crippen LogP contribution in [0.3, 0.4) is 0 Å². The van der Waals surface area contributed by atoms with Crippen LogP contribution in [0.1, 0.15) is 44.7 Å². The number of halogens is 1. The third-order valence-corrected chi connectivity index (χ3v) is 5.20. The minimum atomic E-state index is -0.806. The van der Waals surface area contributed by atoms with Crippen molar-refractivity contribution >= 4 is 23.6 Å². The molecule has 1 fully saturated rings. The van der Waals surface area contributed by atoms with E-state index in [0.29, 0.717) is 24.7 Å². The van der Waals surface area contributed by atoms with Crippen LogP contribution in [0.5, 0.6) is 0 Å². The van der Waals surface area contributed by atoms with E-state index >= 15 is 0 Å². The highest BCUT2D eigenvalue weighted by atomic mass is 35.5. The zero-order valence-corrected chi connectivity index (χ0v) is 16.2. The number of rotatable bonds is 7. The summed E-state index contributed by atoms with van der Waals surface area (Å²) in [7, 11) is 0. The predicted molar refractivity (Wildman–Crippen MR) is 102 cm³/mol. The van der Waals surface area contributed by atoms with E-state index in [0.717, 1.165) is 24.8 Å². The molecule has 2 amide bonds. The Balaban J connectivity index is 1.90. The van der Waals surface area contributed by atoms with Crippen molar-refractivity contribution in [3.05, 3.63) is 34.9 Å². The molecule has 1 atom stereocenters. The van der Waals surface area contributed by atoms with E-state index in [9.17, 15) is 9.59 Å². The number of hydrogen-bond donors (Lipinski definition) is 2. The molecule has 7 heteroatoms. The highest BCUT2D eigenvalue weighted by Crippen LogP contribution is 2.22. The number of carboxylic acid groups (broad SMARTS) is 1. The summed E-state index contributed by atoms with van der Waals surface area (Å²) in [6.07, 6.45) is 2.37. The summed E-state index contributed by atoms with van der Waals surface area (Å²) in [4.78, 5) is 27.4. The fourth-order valence-corrected chi connectivity index (χ4v) is 3.69. The third-order valence-electron chi connectivity index (χ3n) is 4.97. The molecule has 2 rings (SSSR count). The molecule has 1 unspecified atom stereocenters. The van der Waals surface area contributed by atoms with Gasteiger partial charge in [-0.25, -0.2) is 4.79 Å². The maximum absolute atomic E-state index is 12.6. The van der Waals surface area contributed by atoms with Crippen molar-refractivity contribution in [2.45, 2.75) is 45.2 Å². The highest BCUT2D eigenvalue weighted by Gasteiger charge is 2.28. The number of carboxylic acids is 1. The molecule has 0 saturated carbocycles. The molecule has 0 bridgehead atoms. The average Bonchev–Trinajstić information content (AvgIpc) is 2.64. The SMILES string of the molecule is CCC(NC(=O)N1CCC(N(CC)CC(=O)O)CC1)c1cccc(Cl)c1. The van der Waals surface area contributed by atoms with Crippen molar-refractivity contribution in [2.75, 3.05) is 26.2 Å². The number of hydrogen-bond acceptors (Lipinski definition) is 3. The van der Waals surface area contributed by atoms with E-state index < -0.39 is 5.97 Å². The lowest BCUT2D eigenvalue weighted by molar-refractivity contribution is -0.139. The van der Waals surface area contributed by atoms with Crippen LogP contribution in [0.4, 0.5) is 4.79 Å². The Morgan fingerprint density at radius 3 is 2.58 bits per heavy atom. The molecule has 1 aromatic rings. The quantitative estimate of drug-likeness (QED) is 0.759. The maximum Gasteiger partial charge on any atom is 0.317 e. The molecule has 26 heavy (non-hydrogen) atoms. The summed E-state index contributed by atoms with van der Waals surface area (Å²) in [5, 5.41) is 12.8. The molecule has 6 nitrogen and oxygen atoms in total. The molecular weight excluding hydrogens is 354 g/mol. The van der Waals surface area contributed by atoms with Gasteiger partial charge in [0.1, 0.15) is 0 Å². The van der Waals surface area contributed by atoms with Crippen molar-refractivity contribution in [1.82, 2.24) is 15.1 Å². The molecule has 1 saturated heterocycles. The second-order valence-corrected chi connectivity index (χ2v) is 7.08. The lowest BCUT2D eigenvalue weighted by atomic mass is 10.0. The first-order chi connectivity index (χ1) is 12.4. The Kier molecular flexibility index (Phi) is 7.72. The molecule has 1 aromatic carbocycles. The van der Waals surface area contributed by atoms with Gasteiger partial charge in [-0.3, -0.25) is 9.69 Å². The van der Waals surface area contributed by atoms with Gasteiger partial charge < -0.3 is 15.3 Å². The van der Waals surface area contributed by atoms with E-state index in [1.54, 1.807) is 0 Å². The smallest absolute Gasteiger partial charge is 0.317 e. The van der Waals surface area contributed by atoms with E-state index in [1.807, 2.05) is 47.9 Å². The zero-order valence-electron chi connectivity index (χ0n) is 15.4. The first kappa shape index (κ1) is 20.5. The van der Waals surface area contributed by atoms with Crippen LogP contribution in [0.2, 0.25) is 5.02 Å². The average molecular weight is 382 g/mol. The van der Waals surface area contributed by atoms with E-state index in [2.05, 4.69) is 5.32 Å². The Bertz CT molecular complexity index is 618. The molecule has 1 heterocycles. The van der Waals surface area contributed by atoms with Gasteiger partial charge in [-0.1, -0.05) is 37.6 Å². The van der Waals surface area contributed by atoms with Crippen LogP contribution in [0, 0.1) is 0 Å². The van der Waals surface area contributed by atoms with Crippen molar-refractivity contribution in [2.24, 2.45) is 0 Å². The maximum atomic E-state index is 12.6. The minimum absolute atomic E-state index is 0.0556. The van der Waals surface area contributed by atoms with E-state index in [1.165, 1.54) is 0 Å². The summed E-state index contributed by atoms with van der Waals surface area (Å²) in [6, 6.07) is 7.63. The zero-order chi connectivity index (χ0) is 19.1. The Hall–Kier alpha value is -1.79. The number of likely N-dealkylation sites (N-methyl/N-ethyl adjacent to an activating group) is 1. The lowest BCUT2D eigenvalue weighted by Gasteiger charge is -2.38. The van der Waals surface area contributed by atoms with Gasteiger partial charge >= 0.3 is 12.0 Å². The van der Waals surface area contributed by atoms with Gasteiger partial charge in [-0.2, -0.15) is 0 Å². The van der Waals surface area contributed by atoms with Gasteiger partial charge in [0.05, 0.1) is 12.6 Å². The van der Waals surface area contributed by atoms with Gasteiger partial charge in [-0.15, -0.1) is 0 Å². The number of piperidine rings is 1. The molecular formula is C19H28ClN3O3. The summed E-state index contributed by atoms with van der Waals surface area (Å²) in [5.74, 6) is -0.806. The van der Waals surface area contributed by atoms with Gasteiger partial charge in [0.15, 0.2) is 0 Å². The summed E-state index contributed by atoms with van der Waals surface area (Å²) >= 11 is 6.06. The lowest BCUT2D eigenvalue weighted by Crippen LogP contribution is -2.50. The predicted octanol–water partition coefficient (Wildman–Crippen LogP) is 3.37. The number of nitrogens with zero attached hydrogens (tertiary/aromatic N) is 2. The van der Waals surface area contributed by atoms with Crippen molar-refractivity contribution < 1.29 is 14.7 Å². The van der Waals surface area contributed by atoms with Crippen LogP contribution >= 0.6 is 11.6 Å². The molecule has 2 N–H and O–H groups in total. The molecule has 0 spiro atoms. The molecule has 1 aliphatic heterocycles. The van der Waals surface area contributed by atoms with Crippen LogP contribution in [-0.4, -0.2) is 59.1 Å². The Morgan fingerprint density at radius 1 is 1.35 bits per heavy atom. The Morgan fingerprint density at radius 2 is 2.04 bits per heavy atom. The highest BCUT2D eigenvalue weighted by molar-refractivity contribution is 6.30. The Labute approximate surface area is 160 Å². The summed E-state index contributed by atoms with van der Waals surface area (Å²) in [5.41, 5.74) is 1.00. The van der Waals surface area contributed by atoms with E-state index in [4.69, 9.17) is 16.7 Å². The molecule has 1 aliphatic rings. The normalized spacial score (nSPS) is 16.5. The fraction of sp³-hybridized carbons (Fsp3) is 0.579. The van der Waals surface area contributed by atoms with Crippen LogP contribution in [0.15, 0.2) is 24.3 Å². The number of carbonyl (C=O) groups excluding carboxylic acids is 1. The second kappa shape index (κ2) is 9.78. The molecule has 144 valence electrons. The number of amides is 2. The van der Waals surface area contributed by atoms with Crippen LogP contribution < -0.4 is 5.32 Å². The summed E-state index contributed by atoms with van der Waals surface area (Å²) < 4.78 is 0. The van der Waals surface area contributed by atoms with Gasteiger partial charge in [0.25, 0.3) is 0 Å². The van der Waals surface area contributed by atoms with Crippen LogP contribution in [-0.2, 0) is 4.79 Å². The standard InChI is InChI=1S/C19H28ClN3O3/c1-3-17(14-6-5-7-15(20)12-14)21-19(26)23-10-8-16(9-11-23)22(4-2)13-18(24)25/h5-7,12,16-17H,3-4,8-11,13H2,1-2H3,(H,21,26)(H,24,25). The first-order valence-electron chi connectivity index (χ1n) is 9.21. The number of aliphatic carboxylic acids is 1. The van der Waals surface area contributed by atoms with Gasteiger partial charge in [0, 0.05) is 24.2 Å². The van der Waals surface area contributed by atoms with Crippen molar-refractivity contribution in [3.8, 4) is 0 Å². The van der Waals surface area contributed by atoms with E-state index in [-0.39, 0.29) is 24.7 Å². The van der Waals surface area contributed by atoms with Gasteiger partial charge in [0.2, 0.25) is 0 Å².